The molecule has 0 aromatic carbocycles. The molecule has 1 unspecified atom stereocenters. The molecule has 1 rings (SSSR count). The Morgan fingerprint density at radius 3 is 3.00 bits per heavy atom. The number of aliphatic imine (C=N–C) groups is 1. The van der Waals surface area contributed by atoms with Gasteiger partial charge < -0.3 is 5.73 Å². The van der Waals surface area contributed by atoms with Gasteiger partial charge in [-0.25, -0.2) is 0 Å². The van der Waals surface area contributed by atoms with Crippen molar-refractivity contribution in [1.29, 1.82) is 0 Å². The predicted molar refractivity (Wildman–Crippen MR) is 39.9 cm³/mol. The Morgan fingerprint density at radius 2 is 2.60 bits per heavy atom. The van der Waals surface area contributed by atoms with Gasteiger partial charge in [-0.15, -0.1) is 0 Å². The number of hydrogen-bond acceptors (Lipinski definition) is 2. The summed E-state index contributed by atoms with van der Waals surface area (Å²) in [6, 6.07) is 0. The molecule has 0 saturated heterocycles. The van der Waals surface area contributed by atoms with E-state index in [0.29, 0.717) is 11.6 Å². The minimum Gasteiger partial charge on any atom is -0.365 e. The van der Waals surface area contributed by atoms with Crippen LogP contribution in [0.4, 0.5) is 0 Å². The van der Waals surface area contributed by atoms with Crippen LogP contribution >= 0.6 is 0 Å². The lowest BCUT2D eigenvalue weighted by Gasteiger charge is -2.04. The average molecular weight is 140 g/mol. The van der Waals surface area contributed by atoms with Crippen LogP contribution in [0.15, 0.2) is 4.99 Å². The van der Waals surface area contributed by atoms with E-state index in [4.69, 9.17) is 5.73 Å². The van der Waals surface area contributed by atoms with Crippen molar-refractivity contribution in [3.05, 3.63) is 0 Å². The largest absolute Gasteiger partial charge is 0.365 e. The molecule has 0 aromatic heterocycles. The fourth-order valence-electron chi connectivity index (χ4n) is 1.28. The van der Waals surface area contributed by atoms with Crippen LogP contribution in [0.3, 0.4) is 0 Å². The van der Waals surface area contributed by atoms with Gasteiger partial charge in [0.1, 0.15) is 5.71 Å². The zero-order chi connectivity index (χ0) is 7.56. The van der Waals surface area contributed by atoms with E-state index in [1.807, 2.05) is 0 Å². The maximum Gasteiger partial charge on any atom is 0.262 e. The fraction of sp³-hybridized carbons (Fsp3) is 0.714. The minimum atomic E-state index is -0.343. The molecule has 0 aromatic rings. The number of carbonyl (C=O) groups is 1. The summed E-state index contributed by atoms with van der Waals surface area (Å²) < 4.78 is 0. The van der Waals surface area contributed by atoms with Crippen molar-refractivity contribution in [1.82, 2.24) is 0 Å². The maximum atomic E-state index is 10.7. The van der Waals surface area contributed by atoms with E-state index in [9.17, 15) is 4.79 Å². The van der Waals surface area contributed by atoms with Crippen LogP contribution in [-0.2, 0) is 4.79 Å². The maximum absolute atomic E-state index is 10.7. The zero-order valence-corrected chi connectivity index (χ0v) is 6.13. The second kappa shape index (κ2) is 2.82. The molecule has 10 heavy (non-hydrogen) atoms. The molecule has 0 radical (unpaired) electrons. The van der Waals surface area contributed by atoms with Crippen molar-refractivity contribution < 1.29 is 4.79 Å². The van der Waals surface area contributed by atoms with Crippen molar-refractivity contribution >= 4 is 11.6 Å². The number of nitrogens with two attached hydrogens (primary N) is 1. The van der Waals surface area contributed by atoms with E-state index in [1.54, 1.807) is 0 Å². The van der Waals surface area contributed by atoms with Gasteiger partial charge in [-0.3, -0.25) is 9.79 Å². The van der Waals surface area contributed by atoms with Crippen LogP contribution in [0.5, 0.6) is 0 Å². The molecule has 0 bridgehead atoms. The van der Waals surface area contributed by atoms with Crippen molar-refractivity contribution in [2.24, 2.45) is 16.6 Å². The summed E-state index contributed by atoms with van der Waals surface area (Å²) in [5.74, 6) is -0.0122. The Labute approximate surface area is 60.3 Å². The van der Waals surface area contributed by atoms with Crippen LogP contribution in [0.25, 0.3) is 0 Å². The molecule has 56 valence electrons. The normalized spacial score (nSPS) is 24.5. The number of rotatable bonds is 2. The third-order valence-electron chi connectivity index (χ3n) is 1.89. The van der Waals surface area contributed by atoms with Gasteiger partial charge in [-0.1, -0.05) is 6.92 Å². The lowest BCUT2D eigenvalue weighted by Crippen LogP contribution is -2.27. The topological polar surface area (TPSA) is 55.4 Å². The monoisotopic (exact) mass is 140 g/mol. The second-order valence-corrected chi connectivity index (χ2v) is 2.53. The molecule has 3 heteroatoms. The number of nitrogens with zero attached hydrogens (tertiary/aromatic N) is 1. The highest BCUT2D eigenvalue weighted by molar-refractivity contribution is 6.39. The summed E-state index contributed by atoms with van der Waals surface area (Å²) in [5, 5.41) is 0. The number of amides is 1. The molecule has 0 spiro atoms. The van der Waals surface area contributed by atoms with Crippen LogP contribution < -0.4 is 5.73 Å². The van der Waals surface area contributed by atoms with Gasteiger partial charge in [0.2, 0.25) is 0 Å². The number of primary amides is 1. The first kappa shape index (κ1) is 7.25. The standard InChI is InChI=1S/C7H12N2O/c1-2-5-3-4-9-6(5)7(8)10/h5H,2-4H2,1H3,(H2,8,10). The van der Waals surface area contributed by atoms with E-state index < -0.39 is 0 Å². The SMILES string of the molecule is CCC1CCN=C1C(N)=O. The Bertz CT molecular complexity index is 174. The van der Waals surface area contributed by atoms with Gasteiger partial charge in [0.05, 0.1) is 0 Å². The average Bonchev–Trinajstić information content (AvgIpc) is 2.33. The van der Waals surface area contributed by atoms with Gasteiger partial charge in [-0.05, 0) is 12.8 Å². The molecule has 0 saturated carbocycles. The number of carbonyl (C=O) groups excluding carboxylic acids is 1. The van der Waals surface area contributed by atoms with E-state index in [2.05, 4.69) is 11.9 Å². The van der Waals surface area contributed by atoms with E-state index in [-0.39, 0.29) is 5.91 Å². The lowest BCUT2D eigenvalue weighted by molar-refractivity contribution is -0.112. The minimum absolute atomic E-state index is 0.331. The fourth-order valence-corrected chi connectivity index (χ4v) is 1.28. The smallest absolute Gasteiger partial charge is 0.262 e. The predicted octanol–water partition coefficient (Wildman–Crippen LogP) is 0.343. The Hall–Kier alpha value is -0.860. The highest BCUT2D eigenvalue weighted by atomic mass is 16.1. The zero-order valence-electron chi connectivity index (χ0n) is 6.13. The summed E-state index contributed by atoms with van der Waals surface area (Å²) in [5.41, 5.74) is 5.69. The molecule has 1 heterocycles. The van der Waals surface area contributed by atoms with Gasteiger partial charge >= 0.3 is 0 Å². The van der Waals surface area contributed by atoms with Crippen molar-refractivity contribution in [3.63, 3.8) is 0 Å². The molecular weight excluding hydrogens is 128 g/mol. The summed E-state index contributed by atoms with van der Waals surface area (Å²) in [4.78, 5) is 14.7. The van der Waals surface area contributed by atoms with Gasteiger partial charge in [0, 0.05) is 12.5 Å². The Kier molecular flexibility index (Phi) is 2.04. The van der Waals surface area contributed by atoms with E-state index in [1.165, 1.54) is 0 Å². The van der Waals surface area contributed by atoms with Crippen LogP contribution in [-0.4, -0.2) is 18.2 Å². The summed E-state index contributed by atoms with van der Waals surface area (Å²) >= 11 is 0. The van der Waals surface area contributed by atoms with Crippen LogP contribution in [0.1, 0.15) is 19.8 Å². The summed E-state index contributed by atoms with van der Waals surface area (Å²) in [7, 11) is 0. The Morgan fingerprint density at radius 1 is 1.90 bits per heavy atom. The lowest BCUT2D eigenvalue weighted by atomic mass is 9.99. The Balaban J connectivity index is 2.65. The first-order chi connectivity index (χ1) is 4.75. The van der Waals surface area contributed by atoms with Gasteiger partial charge in [0.15, 0.2) is 0 Å². The summed E-state index contributed by atoms with van der Waals surface area (Å²) in [6.07, 6.45) is 1.97. The molecule has 2 N–H and O–H groups in total. The molecule has 0 fully saturated rings. The van der Waals surface area contributed by atoms with E-state index >= 15 is 0 Å². The first-order valence-electron chi connectivity index (χ1n) is 3.59. The highest BCUT2D eigenvalue weighted by Crippen LogP contribution is 2.16. The molecule has 1 aliphatic heterocycles. The third kappa shape index (κ3) is 1.17. The molecule has 1 aliphatic rings. The summed E-state index contributed by atoms with van der Waals surface area (Å²) in [6.45, 7) is 2.82. The third-order valence-corrected chi connectivity index (χ3v) is 1.89. The quantitative estimate of drug-likeness (QED) is 0.591. The van der Waals surface area contributed by atoms with E-state index in [0.717, 1.165) is 19.4 Å². The van der Waals surface area contributed by atoms with Crippen LogP contribution in [0.2, 0.25) is 0 Å². The highest BCUT2D eigenvalue weighted by Gasteiger charge is 2.22. The van der Waals surface area contributed by atoms with Gasteiger partial charge in [-0.2, -0.15) is 0 Å². The first-order valence-corrected chi connectivity index (χ1v) is 3.59. The number of hydrogen-bond donors (Lipinski definition) is 1. The molecule has 0 aliphatic carbocycles. The molecule has 1 atom stereocenters. The second-order valence-electron chi connectivity index (χ2n) is 2.53. The molecule has 3 nitrogen and oxygen atoms in total. The molecule has 1 amide bonds. The van der Waals surface area contributed by atoms with Crippen LogP contribution in [0, 0.1) is 5.92 Å². The van der Waals surface area contributed by atoms with Gasteiger partial charge in [0.25, 0.3) is 5.91 Å². The van der Waals surface area contributed by atoms with Crippen molar-refractivity contribution in [2.45, 2.75) is 19.8 Å². The molecular formula is C7H12N2O. The van der Waals surface area contributed by atoms with Crippen molar-refractivity contribution in [3.8, 4) is 0 Å². The van der Waals surface area contributed by atoms with Crippen molar-refractivity contribution in [2.75, 3.05) is 6.54 Å².